The minimum atomic E-state index is -0.160. The molecule has 0 unspecified atom stereocenters. The molecule has 1 aliphatic rings. The van der Waals surface area contributed by atoms with Gasteiger partial charge in [-0.05, 0) is 50.1 Å². The maximum Gasteiger partial charge on any atom is 0.287 e. The van der Waals surface area contributed by atoms with Gasteiger partial charge in [-0.2, -0.15) is 0 Å². The standard InChI is InChI=1S/C25H31N3O2/c1-17-8-9-18(2)23-22(17)19(3)24(30-23)25(29)26-15-20-6-5-7-21(14-20)16-28-12-10-27(4)11-13-28/h5-9,14H,10-13,15-16H2,1-4H3,(H,26,29). The van der Waals surface area contributed by atoms with Gasteiger partial charge in [0, 0.05) is 50.2 Å². The van der Waals surface area contributed by atoms with Gasteiger partial charge in [-0.3, -0.25) is 9.69 Å². The van der Waals surface area contributed by atoms with Crippen LogP contribution in [0, 0.1) is 20.8 Å². The third-order valence-electron chi connectivity index (χ3n) is 6.14. The second kappa shape index (κ2) is 8.62. The lowest BCUT2D eigenvalue weighted by atomic mass is 10.0. The van der Waals surface area contributed by atoms with Crippen LogP contribution in [-0.4, -0.2) is 48.9 Å². The maximum atomic E-state index is 12.8. The molecule has 0 radical (unpaired) electrons. The van der Waals surface area contributed by atoms with Crippen molar-refractivity contribution in [1.29, 1.82) is 0 Å². The van der Waals surface area contributed by atoms with Crippen LogP contribution in [0.2, 0.25) is 0 Å². The lowest BCUT2D eigenvalue weighted by molar-refractivity contribution is 0.0924. The van der Waals surface area contributed by atoms with Crippen LogP contribution < -0.4 is 5.32 Å². The molecule has 1 aliphatic heterocycles. The Morgan fingerprint density at radius 3 is 2.43 bits per heavy atom. The summed E-state index contributed by atoms with van der Waals surface area (Å²) < 4.78 is 5.97. The van der Waals surface area contributed by atoms with Gasteiger partial charge in [-0.1, -0.05) is 36.4 Å². The Morgan fingerprint density at radius 1 is 1.00 bits per heavy atom. The number of hydrogen-bond acceptors (Lipinski definition) is 4. The molecule has 0 spiro atoms. The largest absolute Gasteiger partial charge is 0.450 e. The van der Waals surface area contributed by atoms with E-state index in [1.165, 1.54) is 5.56 Å². The topological polar surface area (TPSA) is 48.7 Å². The van der Waals surface area contributed by atoms with E-state index in [0.29, 0.717) is 12.3 Å². The number of piperazine rings is 1. The average molecular weight is 406 g/mol. The first kappa shape index (κ1) is 20.6. The number of nitrogens with zero attached hydrogens (tertiary/aromatic N) is 2. The van der Waals surface area contributed by atoms with Crippen LogP contribution >= 0.6 is 0 Å². The van der Waals surface area contributed by atoms with Crippen molar-refractivity contribution in [3.63, 3.8) is 0 Å². The zero-order valence-corrected chi connectivity index (χ0v) is 18.4. The molecular weight excluding hydrogens is 374 g/mol. The third kappa shape index (κ3) is 4.27. The third-order valence-corrected chi connectivity index (χ3v) is 6.14. The molecule has 5 nitrogen and oxygen atoms in total. The SMILES string of the molecule is Cc1ccc(C)c2c(C)c(C(=O)NCc3cccc(CN4CCN(C)CC4)c3)oc12. The number of carbonyl (C=O) groups excluding carboxylic acids is 1. The minimum Gasteiger partial charge on any atom is -0.450 e. The summed E-state index contributed by atoms with van der Waals surface area (Å²) in [4.78, 5) is 17.7. The molecule has 1 N–H and O–H groups in total. The van der Waals surface area contributed by atoms with Crippen molar-refractivity contribution < 1.29 is 9.21 Å². The second-order valence-electron chi connectivity index (χ2n) is 8.54. The maximum absolute atomic E-state index is 12.8. The van der Waals surface area contributed by atoms with E-state index >= 15 is 0 Å². The summed E-state index contributed by atoms with van der Waals surface area (Å²) in [6.07, 6.45) is 0. The fourth-order valence-electron chi connectivity index (χ4n) is 4.26. The molecule has 30 heavy (non-hydrogen) atoms. The number of carbonyl (C=O) groups is 1. The van der Waals surface area contributed by atoms with Gasteiger partial charge in [0.15, 0.2) is 5.76 Å². The molecule has 1 fully saturated rings. The van der Waals surface area contributed by atoms with Crippen LogP contribution in [0.25, 0.3) is 11.0 Å². The monoisotopic (exact) mass is 405 g/mol. The molecule has 0 atom stereocenters. The quantitative estimate of drug-likeness (QED) is 0.696. The highest BCUT2D eigenvalue weighted by molar-refractivity contribution is 6.00. The summed E-state index contributed by atoms with van der Waals surface area (Å²) in [6, 6.07) is 12.6. The number of likely N-dealkylation sites (N-methyl/N-ethyl adjacent to an activating group) is 1. The number of nitrogens with one attached hydrogen (secondary N) is 1. The zero-order valence-electron chi connectivity index (χ0n) is 18.4. The summed E-state index contributed by atoms with van der Waals surface area (Å²) in [6.45, 7) is 11.9. The summed E-state index contributed by atoms with van der Waals surface area (Å²) in [5.41, 5.74) is 6.30. The smallest absolute Gasteiger partial charge is 0.287 e. The number of aryl methyl sites for hydroxylation is 3. The molecule has 0 aliphatic carbocycles. The predicted octanol–water partition coefficient (Wildman–Crippen LogP) is 4.04. The summed E-state index contributed by atoms with van der Waals surface area (Å²) in [5, 5.41) is 4.09. The highest BCUT2D eigenvalue weighted by atomic mass is 16.3. The van der Waals surface area contributed by atoms with E-state index in [1.54, 1.807) is 0 Å². The predicted molar refractivity (Wildman–Crippen MR) is 121 cm³/mol. The molecule has 0 bridgehead atoms. The Hall–Kier alpha value is -2.63. The van der Waals surface area contributed by atoms with Gasteiger partial charge in [0.25, 0.3) is 5.91 Å². The van der Waals surface area contributed by atoms with Gasteiger partial charge in [-0.25, -0.2) is 0 Å². The Balaban J connectivity index is 1.43. The first-order chi connectivity index (χ1) is 14.4. The molecule has 2 aromatic carbocycles. The van der Waals surface area contributed by atoms with Crippen molar-refractivity contribution in [2.24, 2.45) is 0 Å². The Labute approximate surface area is 178 Å². The lowest BCUT2D eigenvalue weighted by Crippen LogP contribution is -2.43. The number of furan rings is 1. The highest BCUT2D eigenvalue weighted by Crippen LogP contribution is 2.30. The lowest BCUT2D eigenvalue weighted by Gasteiger charge is -2.32. The zero-order chi connectivity index (χ0) is 21.3. The van der Waals surface area contributed by atoms with E-state index in [-0.39, 0.29) is 5.91 Å². The molecule has 4 rings (SSSR count). The number of rotatable bonds is 5. The van der Waals surface area contributed by atoms with Crippen LogP contribution in [0.3, 0.4) is 0 Å². The van der Waals surface area contributed by atoms with Crippen molar-refractivity contribution in [1.82, 2.24) is 15.1 Å². The number of hydrogen-bond donors (Lipinski definition) is 1. The highest BCUT2D eigenvalue weighted by Gasteiger charge is 2.20. The summed E-state index contributed by atoms with van der Waals surface area (Å²) in [5.74, 6) is 0.253. The Kier molecular flexibility index (Phi) is 5.93. The Bertz CT molecular complexity index is 1060. The fourth-order valence-corrected chi connectivity index (χ4v) is 4.26. The number of amides is 1. The van der Waals surface area contributed by atoms with Crippen molar-refractivity contribution in [2.45, 2.75) is 33.9 Å². The molecule has 5 heteroatoms. The molecule has 1 amide bonds. The van der Waals surface area contributed by atoms with Crippen LogP contribution in [-0.2, 0) is 13.1 Å². The molecule has 1 aromatic heterocycles. The first-order valence-corrected chi connectivity index (χ1v) is 10.7. The molecule has 3 aromatic rings. The number of benzene rings is 2. The summed E-state index contributed by atoms with van der Waals surface area (Å²) in [7, 11) is 2.17. The van der Waals surface area contributed by atoms with Crippen molar-refractivity contribution in [2.75, 3.05) is 33.2 Å². The molecular formula is C25H31N3O2. The molecule has 1 saturated heterocycles. The van der Waals surface area contributed by atoms with Gasteiger partial charge in [0.05, 0.1) is 0 Å². The fraction of sp³-hybridized carbons (Fsp3) is 0.400. The normalized spacial score (nSPS) is 15.6. The van der Waals surface area contributed by atoms with E-state index in [1.807, 2.05) is 19.9 Å². The molecule has 158 valence electrons. The van der Waals surface area contributed by atoms with Gasteiger partial charge in [0.1, 0.15) is 5.58 Å². The summed E-state index contributed by atoms with van der Waals surface area (Å²) >= 11 is 0. The van der Waals surface area contributed by atoms with Crippen molar-refractivity contribution in [3.05, 3.63) is 70.0 Å². The van der Waals surface area contributed by atoms with Crippen molar-refractivity contribution >= 4 is 16.9 Å². The average Bonchev–Trinajstić information content (AvgIpc) is 3.10. The second-order valence-corrected chi connectivity index (χ2v) is 8.54. The van der Waals surface area contributed by atoms with E-state index < -0.39 is 0 Å². The van der Waals surface area contributed by atoms with Crippen LogP contribution in [0.5, 0.6) is 0 Å². The van der Waals surface area contributed by atoms with E-state index in [0.717, 1.165) is 65.9 Å². The Morgan fingerprint density at radius 2 is 1.70 bits per heavy atom. The van der Waals surface area contributed by atoms with E-state index in [2.05, 4.69) is 59.4 Å². The van der Waals surface area contributed by atoms with Crippen LogP contribution in [0.1, 0.15) is 38.4 Å². The number of fused-ring (bicyclic) bond motifs is 1. The van der Waals surface area contributed by atoms with Crippen molar-refractivity contribution in [3.8, 4) is 0 Å². The van der Waals surface area contributed by atoms with E-state index in [9.17, 15) is 4.79 Å². The van der Waals surface area contributed by atoms with Crippen LogP contribution in [0.15, 0.2) is 40.8 Å². The first-order valence-electron chi connectivity index (χ1n) is 10.7. The van der Waals surface area contributed by atoms with Gasteiger partial charge in [-0.15, -0.1) is 0 Å². The van der Waals surface area contributed by atoms with Crippen LogP contribution in [0.4, 0.5) is 0 Å². The molecule has 0 saturated carbocycles. The van der Waals surface area contributed by atoms with Gasteiger partial charge < -0.3 is 14.6 Å². The van der Waals surface area contributed by atoms with Gasteiger partial charge in [0.2, 0.25) is 0 Å². The minimum absolute atomic E-state index is 0.160. The van der Waals surface area contributed by atoms with E-state index in [4.69, 9.17) is 4.42 Å². The van der Waals surface area contributed by atoms with Gasteiger partial charge >= 0.3 is 0 Å². The molecule has 2 heterocycles.